The van der Waals surface area contributed by atoms with E-state index in [-0.39, 0.29) is 11.1 Å². The van der Waals surface area contributed by atoms with E-state index in [1.807, 2.05) is 0 Å². The van der Waals surface area contributed by atoms with E-state index >= 15 is 0 Å². The van der Waals surface area contributed by atoms with Gasteiger partial charge in [0, 0.05) is 19.8 Å². The van der Waals surface area contributed by atoms with Gasteiger partial charge in [-0.15, -0.1) is 0 Å². The molecule has 0 bridgehead atoms. The van der Waals surface area contributed by atoms with E-state index in [1.165, 1.54) is 34.3 Å². The van der Waals surface area contributed by atoms with Gasteiger partial charge in [0.25, 0.3) is 0 Å². The third-order valence-electron chi connectivity index (χ3n) is 2.36. The molecule has 0 aliphatic carbocycles. The summed E-state index contributed by atoms with van der Waals surface area (Å²) in [5, 5.41) is 0.248. The summed E-state index contributed by atoms with van der Waals surface area (Å²) < 4.78 is 27.1. The maximum Gasteiger partial charge on any atom is 0.364 e. The van der Waals surface area contributed by atoms with Crippen molar-refractivity contribution in [1.82, 2.24) is 0 Å². The fourth-order valence-corrected chi connectivity index (χ4v) is 2.67. The maximum atomic E-state index is 12.3. The minimum atomic E-state index is -3.43. The fourth-order valence-electron chi connectivity index (χ4n) is 1.39. The zero-order valence-corrected chi connectivity index (χ0v) is 11.1. The van der Waals surface area contributed by atoms with Gasteiger partial charge in [0.2, 0.25) is 0 Å². The first kappa shape index (κ1) is 13.9. The van der Waals surface area contributed by atoms with E-state index in [2.05, 4.69) is 0 Å². The lowest BCUT2D eigenvalue weighted by molar-refractivity contribution is 0.101. The smallest absolute Gasteiger partial charge is 0.364 e. The summed E-state index contributed by atoms with van der Waals surface area (Å²) in [6, 6.07) is 4.63. The number of carbonyl (C=O) groups is 1. The Balaban J connectivity index is 3.42. The number of ether oxygens (including phenoxy) is 1. The van der Waals surface area contributed by atoms with Crippen LogP contribution in [0.25, 0.3) is 0 Å². The molecule has 0 unspecified atom stereocenters. The number of benzene rings is 1. The van der Waals surface area contributed by atoms with Crippen molar-refractivity contribution in [3.05, 3.63) is 23.8 Å². The highest BCUT2D eigenvalue weighted by Crippen LogP contribution is 2.47. The second-order valence-corrected chi connectivity index (χ2v) is 5.51. The molecule has 94 valence electrons. The van der Waals surface area contributed by atoms with Crippen LogP contribution in [0.5, 0.6) is 5.75 Å². The summed E-state index contributed by atoms with van der Waals surface area (Å²) in [6.45, 7) is 1.43. The Morgan fingerprint density at radius 1 is 1.18 bits per heavy atom. The molecular weight excluding hydrogens is 243 g/mol. The zero-order chi connectivity index (χ0) is 13.1. The van der Waals surface area contributed by atoms with Crippen LogP contribution < -0.4 is 10.0 Å². The highest BCUT2D eigenvalue weighted by atomic mass is 31.2. The van der Waals surface area contributed by atoms with Gasteiger partial charge in [-0.1, -0.05) is 0 Å². The van der Waals surface area contributed by atoms with Crippen molar-refractivity contribution in [2.45, 2.75) is 6.92 Å². The largest absolute Gasteiger partial charge is 0.496 e. The molecule has 0 N–H and O–H groups in total. The summed E-state index contributed by atoms with van der Waals surface area (Å²) >= 11 is 0. The molecule has 1 aromatic carbocycles. The molecular formula is C11H15O5P. The molecule has 1 aromatic rings. The van der Waals surface area contributed by atoms with Gasteiger partial charge in [-0.2, -0.15) is 0 Å². The van der Waals surface area contributed by atoms with Crippen molar-refractivity contribution < 1.29 is 23.1 Å². The predicted molar refractivity (Wildman–Crippen MR) is 64.3 cm³/mol. The molecule has 0 saturated heterocycles. The topological polar surface area (TPSA) is 61.8 Å². The number of carbonyl (C=O) groups excluding carboxylic acids is 1. The van der Waals surface area contributed by atoms with E-state index in [9.17, 15) is 9.36 Å². The van der Waals surface area contributed by atoms with Crippen LogP contribution >= 0.6 is 7.60 Å². The van der Waals surface area contributed by atoms with Gasteiger partial charge in [-0.3, -0.25) is 9.36 Å². The lowest BCUT2D eigenvalue weighted by Gasteiger charge is -2.17. The average molecular weight is 258 g/mol. The number of methoxy groups -OCH3 is 1. The maximum absolute atomic E-state index is 12.3. The Kier molecular flexibility index (Phi) is 4.46. The van der Waals surface area contributed by atoms with Crippen molar-refractivity contribution in [3.8, 4) is 5.75 Å². The molecule has 0 heterocycles. The minimum absolute atomic E-state index is 0.132. The van der Waals surface area contributed by atoms with E-state index in [0.717, 1.165) is 0 Å². The van der Waals surface area contributed by atoms with Gasteiger partial charge in [0.1, 0.15) is 11.1 Å². The van der Waals surface area contributed by atoms with Crippen LogP contribution in [0.1, 0.15) is 17.3 Å². The van der Waals surface area contributed by atoms with E-state index < -0.39 is 7.60 Å². The highest BCUT2D eigenvalue weighted by Gasteiger charge is 2.29. The van der Waals surface area contributed by atoms with Crippen LogP contribution in [0.15, 0.2) is 18.2 Å². The SMILES string of the molecule is COc1ccc(C(C)=O)cc1P(=O)(OC)OC. The molecule has 0 spiro atoms. The molecule has 0 atom stereocenters. The molecule has 6 heteroatoms. The second-order valence-electron chi connectivity index (χ2n) is 3.31. The third-order valence-corrected chi connectivity index (χ3v) is 4.26. The van der Waals surface area contributed by atoms with Gasteiger partial charge in [-0.05, 0) is 25.1 Å². The summed E-state index contributed by atoms with van der Waals surface area (Å²) in [7, 11) is 0.579. The molecule has 0 saturated carbocycles. The fraction of sp³-hybridized carbons (Fsp3) is 0.364. The lowest BCUT2D eigenvalue weighted by Crippen LogP contribution is -2.13. The second kappa shape index (κ2) is 5.45. The summed E-state index contributed by atoms with van der Waals surface area (Å²) in [5.74, 6) is 0.231. The molecule has 0 aliphatic rings. The van der Waals surface area contributed by atoms with Gasteiger partial charge < -0.3 is 13.8 Å². The monoisotopic (exact) mass is 258 g/mol. The van der Waals surface area contributed by atoms with Gasteiger partial charge in [-0.25, -0.2) is 0 Å². The number of hydrogen-bond acceptors (Lipinski definition) is 5. The number of Topliss-reactive ketones (excluding diaryl/α,β-unsaturated/α-hetero) is 1. The van der Waals surface area contributed by atoms with Crippen molar-refractivity contribution in [2.24, 2.45) is 0 Å². The minimum Gasteiger partial charge on any atom is -0.496 e. The Bertz CT molecular complexity index is 461. The molecule has 5 nitrogen and oxygen atoms in total. The Hall–Kier alpha value is -1.16. The molecule has 0 aliphatic heterocycles. The van der Waals surface area contributed by atoms with Crippen LogP contribution in [0.3, 0.4) is 0 Å². The quantitative estimate of drug-likeness (QED) is 0.597. The van der Waals surface area contributed by atoms with Gasteiger partial charge in [0.15, 0.2) is 5.78 Å². The van der Waals surface area contributed by atoms with E-state index in [1.54, 1.807) is 12.1 Å². The van der Waals surface area contributed by atoms with Crippen LogP contribution in [0.4, 0.5) is 0 Å². The highest BCUT2D eigenvalue weighted by molar-refractivity contribution is 7.62. The van der Waals surface area contributed by atoms with Crippen molar-refractivity contribution in [1.29, 1.82) is 0 Å². The molecule has 0 aromatic heterocycles. The van der Waals surface area contributed by atoms with E-state index in [0.29, 0.717) is 11.3 Å². The first-order valence-electron chi connectivity index (χ1n) is 4.89. The Morgan fingerprint density at radius 3 is 2.18 bits per heavy atom. The van der Waals surface area contributed by atoms with Crippen LogP contribution in [-0.2, 0) is 13.6 Å². The molecule has 1 rings (SSSR count). The lowest BCUT2D eigenvalue weighted by atomic mass is 10.1. The number of hydrogen-bond donors (Lipinski definition) is 0. The van der Waals surface area contributed by atoms with Crippen molar-refractivity contribution >= 4 is 18.7 Å². The summed E-state index contributed by atoms with van der Waals surface area (Å²) in [4.78, 5) is 11.3. The normalized spacial score (nSPS) is 11.3. The zero-order valence-electron chi connectivity index (χ0n) is 10.2. The Morgan fingerprint density at radius 2 is 1.76 bits per heavy atom. The average Bonchev–Trinajstić information content (AvgIpc) is 2.36. The van der Waals surface area contributed by atoms with Crippen molar-refractivity contribution in [2.75, 3.05) is 21.3 Å². The molecule has 0 radical (unpaired) electrons. The Labute approximate surface area is 100 Å². The van der Waals surface area contributed by atoms with E-state index in [4.69, 9.17) is 13.8 Å². The molecule has 0 amide bonds. The first-order chi connectivity index (χ1) is 7.98. The molecule has 0 fully saturated rings. The van der Waals surface area contributed by atoms with Crippen LogP contribution in [0.2, 0.25) is 0 Å². The third kappa shape index (κ3) is 2.75. The first-order valence-corrected chi connectivity index (χ1v) is 6.44. The van der Waals surface area contributed by atoms with Gasteiger partial charge in [0.05, 0.1) is 7.11 Å². The molecule has 17 heavy (non-hydrogen) atoms. The summed E-state index contributed by atoms with van der Waals surface area (Å²) in [5.41, 5.74) is 0.426. The van der Waals surface area contributed by atoms with Crippen LogP contribution in [-0.4, -0.2) is 27.1 Å². The number of rotatable bonds is 5. The van der Waals surface area contributed by atoms with Gasteiger partial charge >= 0.3 is 7.60 Å². The standard InChI is InChI=1S/C11H15O5P/c1-8(12)9-5-6-10(14-2)11(7-9)17(13,15-3)16-4/h5-7H,1-4H3. The summed E-state index contributed by atoms with van der Waals surface area (Å²) in [6.07, 6.45) is 0. The number of ketones is 1. The predicted octanol–water partition coefficient (Wildman–Crippen LogP) is 2.01. The van der Waals surface area contributed by atoms with Crippen molar-refractivity contribution in [3.63, 3.8) is 0 Å². The van der Waals surface area contributed by atoms with Crippen LogP contribution in [0, 0.1) is 0 Å².